The lowest BCUT2D eigenvalue weighted by Gasteiger charge is -2.27. The summed E-state index contributed by atoms with van der Waals surface area (Å²) in [6.45, 7) is 1.01. The molecule has 1 amide bonds. The topological polar surface area (TPSA) is 92.3 Å². The van der Waals surface area contributed by atoms with Crippen LogP contribution in [0.15, 0.2) is 59.8 Å². The van der Waals surface area contributed by atoms with Crippen molar-refractivity contribution in [2.75, 3.05) is 0 Å². The third kappa shape index (κ3) is 5.65. The molecule has 204 valence electrons. The van der Waals surface area contributed by atoms with Crippen LogP contribution >= 0.6 is 0 Å². The molecule has 0 bridgehead atoms. The van der Waals surface area contributed by atoms with E-state index in [2.05, 4.69) is 15.3 Å². The molecule has 14 heteroatoms. The maximum absolute atomic E-state index is 14.6. The second-order valence-corrected chi connectivity index (χ2v) is 10.5. The lowest BCUT2D eigenvalue weighted by molar-refractivity contribution is -0.141. The standard InChI is InChI=1S/C24H20F6N4O3S.H2/c1-13-19(27)9-21(34(13)38(36,37)18-4-2-16(25)3-5-18)23(35)33-10-14-6-15(8-17(26)7-14)20-11-32-22(12-31-20)24(28,29)30;/h2-8,11-13,19,21H,9-10H2,1H3,(H,33,35);1H/t13-,19+,21-;/m0./s1. The van der Waals surface area contributed by atoms with Crippen LogP contribution in [0.3, 0.4) is 0 Å². The molecule has 38 heavy (non-hydrogen) atoms. The van der Waals surface area contributed by atoms with Crippen LogP contribution in [0.2, 0.25) is 0 Å². The molecule has 0 spiro atoms. The zero-order valence-corrected chi connectivity index (χ0v) is 20.4. The maximum Gasteiger partial charge on any atom is 0.434 e. The highest BCUT2D eigenvalue weighted by molar-refractivity contribution is 7.89. The smallest absolute Gasteiger partial charge is 0.351 e. The predicted octanol–water partition coefficient (Wildman–Crippen LogP) is 4.49. The van der Waals surface area contributed by atoms with Crippen molar-refractivity contribution < 1.29 is 41.0 Å². The first-order valence-corrected chi connectivity index (χ1v) is 12.6. The van der Waals surface area contributed by atoms with E-state index in [1.54, 1.807) is 0 Å². The second kappa shape index (κ2) is 10.3. The van der Waals surface area contributed by atoms with Gasteiger partial charge in [-0.3, -0.25) is 9.78 Å². The van der Waals surface area contributed by atoms with E-state index in [1.807, 2.05) is 0 Å². The van der Waals surface area contributed by atoms with E-state index in [0.29, 0.717) is 6.20 Å². The number of amides is 1. The molecule has 1 aromatic heterocycles. The Balaban J connectivity index is 0.00000420. The lowest BCUT2D eigenvalue weighted by Crippen LogP contribution is -2.48. The Morgan fingerprint density at radius 3 is 2.37 bits per heavy atom. The highest BCUT2D eigenvalue weighted by Crippen LogP contribution is 2.33. The number of rotatable bonds is 6. The van der Waals surface area contributed by atoms with Crippen LogP contribution in [-0.4, -0.2) is 46.9 Å². The van der Waals surface area contributed by atoms with E-state index < -0.39 is 64.1 Å². The minimum Gasteiger partial charge on any atom is -0.351 e. The van der Waals surface area contributed by atoms with Crippen LogP contribution < -0.4 is 5.32 Å². The van der Waals surface area contributed by atoms with Crippen molar-refractivity contribution >= 4 is 15.9 Å². The molecule has 7 nitrogen and oxygen atoms in total. The van der Waals surface area contributed by atoms with Crippen LogP contribution in [0.4, 0.5) is 26.3 Å². The molecule has 3 aromatic rings. The average molecular weight is 561 g/mol. The van der Waals surface area contributed by atoms with Gasteiger partial charge in [0.15, 0.2) is 5.69 Å². The zero-order valence-electron chi connectivity index (χ0n) is 19.6. The third-order valence-corrected chi connectivity index (χ3v) is 8.04. The molecule has 0 unspecified atom stereocenters. The SMILES string of the molecule is C[C@H]1[C@H](F)C[C@@H](C(=O)NCc2cc(F)cc(-c3cnc(C(F)(F)F)cn3)c2)N1S(=O)(=O)c1ccc(F)cc1.[HH]. The molecule has 2 heterocycles. The van der Waals surface area contributed by atoms with Gasteiger partial charge in [0.25, 0.3) is 0 Å². The molecule has 1 fully saturated rings. The zero-order chi connectivity index (χ0) is 27.8. The van der Waals surface area contributed by atoms with E-state index in [4.69, 9.17) is 0 Å². The number of carbonyl (C=O) groups is 1. The first-order chi connectivity index (χ1) is 17.8. The van der Waals surface area contributed by atoms with Gasteiger partial charge in [-0.05, 0) is 55.0 Å². The highest BCUT2D eigenvalue weighted by atomic mass is 32.2. The summed E-state index contributed by atoms with van der Waals surface area (Å²) in [5, 5.41) is 2.46. The van der Waals surface area contributed by atoms with Crippen molar-refractivity contribution in [2.24, 2.45) is 0 Å². The van der Waals surface area contributed by atoms with Gasteiger partial charge in [0.05, 0.1) is 29.0 Å². The summed E-state index contributed by atoms with van der Waals surface area (Å²) >= 11 is 0. The first kappa shape index (κ1) is 27.5. The molecular weight excluding hydrogens is 538 g/mol. The molecule has 1 aliphatic heterocycles. The van der Waals surface area contributed by atoms with E-state index in [0.717, 1.165) is 46.9 Å². The molecule has 0 saturated carbocycles. The summed E-state index contributed by atoms with van der Waals surface area (Å²) in [5.41, 5.74) is -0.992. The molecule has 1 N–H and O–H groups in total. The van der Waals surface area contributed by atoms with Gasteiger partial charge >= 0.3 is 6.18 Å². The Morgan fingerprint density at radius 1 is 1.08 bits per heavy atom. The Morgan fingerprint density at radius 2 is 1.76 bits per heavy atom. The van der Waals surface area contributed by atoms with Crippen molar-refractivity contribution in [1.29, 1.82) is 0 Å². The summed E-state index contributed by atoms with van der Waals surface area (Å²) in [6, 6.07) is 4.71. The number of benzene rings is 2. The van der Waals surface area contributed by atoms with Crippen molar-refractivity contribution in [3.8, 4) is 11.3 Å². The minimum atomic E-state index is -4.70. The van der Waals surface area contributed by atoms with E-state index in [1.165, 1.54) is 13.0 Å². The van der Waals surface area contributed by atoms with Gasteiger partial charge in [-0.15, -0.1) is 0 Å². The number of nitrogens with one attached hydrogen (secondary N) is 1. The quantitative estimate of drug-likeness (QED) is 0.449. The van der Waals surface area contributed by atoms with Gasteiger partial charge in [-0.25, -0.2) is 26.6 Å². The number of hydrogen-bond acceptors (Lipinski definition) is 5. The second-order valence-electron chi connectivity index (χ2n) is 8.65. The van der Waals surface area contributed by atoms with Gasteiger partial charge < -0.3 is 5.32 Å². The predicted molar refractivity (Wildman–Crippen MR) is 125 cm³/mol. The Labute approximate surface area is 215 Å². The van der Waals surface area contributed by atoms with Crippen LogP contribution in [-0.2, 0) is 27.5 Å². The van der Waals surface area contributed by atoms with Crippen LogP contribution in [0.1, 0.15) is 26.0 Å². The molecule has 2 aromatic carbocycles. The molecule has 1 saturated heterocycles. The summed E-state index contributed by atoms with van der Waals surface area (Å²) in [7, 11) is -4.37. The fourth-order valence-corrected chi connectivity index (χ4v) is 5.94. The number of halogens is 6. The Hall–Kier alpha value is -3.52. The molecular formula is C24H22F6N4O3S. The molecule has 4 rings (SSSR count). The number of sulfonamides is 1. The molecule has 3 atom stereocenters. The normalized spacial score (nSPS) is 20.4. The molecule has 1 aliphatic rings. The van der Waals surface area contributed by atoms with E-state index in [9.17, 15) is 39.6 Å². The van der Waals surface area contributed by atoms with Gasteiger partial charge in [-0.1, -0.05) is 0 Å². The van der Waals surface area contributed by atoms with Gasteiger partial charge in [0.2, 0.25) is 15.9 Å². The average Bonchev–Trinajstić information content (AvgIpc) is 3.17. The van der Waals surface area contributed by atoms with Crippen molar-refractivity contribution in [1.82, 2.24) is 19.6 Å². The van der Waals surface area contributed by atoms with Crippen molar-refractivity contribution in [3.05, 3.63) is 77.8 Å². The third-order valence-electron chi connectivity index (χ3n) is 6.03. The fraction of sp³-hybridized carbons (Fsp3) is 0.292. The number of carbonyl (C=O) groups excluding carboxylic acids is 1. The Kier molecular flexibility index (Phi) is 7.48. The van der Waals surface area contributed by atoms with Crippen LogP contribution in [0, 0.1) is 11.6 Å². The summed E-state index contributed by atoms with van der Waals surface area (Å²) in [4.78, 5) is 19.6. The molecule has 0 radical (unpaired) electrons. The van der Waals surface area contributed by atoms with Crippen LogP contribution in [0.25, 0.3) is 11.3 Å². The summed E-state index contributed by atoms with van der Waals surface area (Å²) in [5.74, 6) is -2.29. The number of aromatic nitrogens is 2. The monoisotopic (exact) mass is 560 g/mol. The summed E-state index contributed by atoms with van der Waals surface area (Å²) in [6.07, 6.45) is -5.44. The maximum atomic E-state index is 14.6. The number of nitrogens with zero attached hydrogens (tertiary/aromatic N) is 3. The number of hydrogen-bond donors (Lipinski definition) is 1. The van der Waals surface area contributed by atoms with Crippen LogP contribution in [0.5, 0.6) is 0 Å². The molecule has 0 aliphatic carbocycles. The lowest BCUT2D eigenvalue weighted by atomic mass is 10.1. The van der Waals surface area contributed by atoms with Gasteiger partial charge in [0.1, 0.15) is 23.8 Å². The minimum absolute atomic E-state index is 0. The van der Waals surface area contributed by atoms with E-state index >= 15 is 0 Å². The highest BCUT2D eigenvalue weighted by Gasteiger charge is 2.49. The van der Waals surface area contributed by atoms with Crippen molar-refractivity contribution in [2.45, 2.75) is 49.2 Å². The summed E-state index contributed by atoms with van der Waals surface area (Å²) < 4.78 is 107. The van der Waals surface area contributed by atoms with Gasteiger partial charge in [-0.2, -0.15) is 17.5 Å². The van der Waals surface area contributed by atoms with E-state index in [-0.39, 0.29) is 29.7 Å². The fourth-order valence-electron chi connectivity index (χ4n) is 4.13. The largest absolute Gasteiger partial charge is 0.434 e. The first-order valence-electron chi connectivity index (χ1n) is 11.2. The van der Waals surface area contributed by atoms with Crippen molar-refractivity contribution in [3.63, 3.8) is 0 Å². The number of alkyl halides is 4. The van der Waals surface area contributed by atoms with Gasteiger partial charge in [0, 0.05) is 20.0 Å². The Bertz CT molecular complexity index is 1440.